The van der Waals surface area contributed by atoms with Gasteiger partial charge in [-0.3, -0.25) is 9.59 Å². The summed E-state index contributed by atoms with van der Waals surface area (Å²) in [5, 5.41) is 11.2. The van der Waals surface area contributed by atoms with Gasteiger partial charge in [0.05, 0.1) is 25.3 Å². The number of ether oxygens (including phenoxy) is 2. The van der Waals surface area contributed by atoms with Crippen LogP contribution < -0.4 is 9.47 Å². The number of benzene rings is 2. The highest BCUT2D eigenvalue weighted by Crippen LogP contribution is 2.40. The van der Waals surface area contributed by atoms with E-state index in [-0.39, 0.29) is 11.3 Å². The lowest BCUT2D eigenvalue weighted by molar-refractivity contribution is -0.140. The van der Waals surface area contributed by atoms with Gasteiger partial charge in [0.15, 0.2) is 0 Å². The van der Waals surface area contributed by atoms with Crippen LogP contribution in [0.2, 0.25) is 0 Å². The van der Waals surface area contributed by atoms with Crippen LogP contribution in [0.1, 0.15) is 50.8 Å². The summed E-state index contributed by atoms with van der Waals surface area (Å²) < 4.78 is 11.0. The minimum atomic E-state index is -0.695. The van der Waals surface area contributed by atoms with Gasteiger partial charge in [0.2, 0.25) is 0 Å². The first-order chi connectivity index (χ1) is 16.9. The van der Waals surface area contributed by atoms with E-state index < -0.39 is 17.7 Å². The van der Waals surface area contributed by atoms with Crippen molar-refractivity contribution in [2.75, 3.05) is 39.9 Å². The molecule has 188 valence electrons. The summed E-state index contributed by atoms with van der Waals surface area (Å²) in [6, 6.07) is 13.5. The molecule has 0 bridgehead atoms. The third-order valence-corrected chi connectivity index (χ3v) is 6.32. The lowest BCUT2D eigenvalue weighted by atomic mass is 9.95. The molecule has 7 heteroatoms. The Hall–Kier alpha value is -3.32. The van der Waals surface area contributed by atoms with E-state index >= 15 is 0 Å². The van der Waals surface area contributed by atoms with Crippen molar-refractivity contribution in [2.24, 2.45) is 0 Å². The van der Waals surface area contributed by atoms with Gasteiger partial charge in [0.25, 0.3) is 11.7 Å². The first kappa shape index (κ1) is 26.3. The van der Waals surface area contributed by atoms with Crippen LogP contribution in [0.5, 0.6) is 11.5 Å². The maximum absolute atomic E-state index is 13.2. The van der Waals surface area contributed by atoms with Crippen LogP contribution in [0.3, 0.4) is 0 Å². The Labute approximate surface area is 207 Å². The van der Waals surface area contributed by atoms with Crippen molar-refractivity contribution < 1.29 is 24.2 Å². The number of methoxy groups -OCH3 is 1. The van der Waals surface area contributed by atoms with E-state index in [1.165, 1.54) is 0 Å². The van der Waals surface area contributed by atoms with E-state index in [0.29, 0.717) is 30.2 Å². The van der Waals surface area contributed by atoms with Gasteiger partial charge in [-0.25, -0.2) is 0 Å². The number of amides is 1. The van der Waals surface area contributed by atoms with Crippen LogP contribution in [0.4, 0.5) is 0 Å². The number of Topliss-reactive ketones (excluding diaryl/α,β-unsaturated/α-hetero) is 1. The van der Waals surface area contributed by atoms with Gasteiger partial charge in [-0.05, 0) is 74.4 Å². The number of hydrogen-bond acceptors (Lipinski definition) is 6. The van der Waals surface area contributed by atoms with Crippen LogP contribution in [-0.2, 0) is 9.59 Å². The summed E-state index contributed by atoms with van der Waals surface area (Å²) >= 11 is 0. The molecule has 2 aromatic carbocycles. The molecule has 1 N–H and O–H groups in total. The first-order valence-electron chi connectivity index (χ1n) is 12.3. The van der Waals surface area contributed by atoms with Crippen molar-refractivity contribution in [2.45, 2.75) is 39.7 Å². The first-order valence-corrected chi connectivity index (χ1v) is 12.3. The number of likely N-dealkylation sites (tertiary alicyclic amines) is 1. The summed E-state index contributed by atoms with van der Waals surface area (Å²) in [7, 11) is 1.56. The third-order valence-electron chi connectivity index (χ3n) is 6.32. The maximum Gasteiger partial charge on any atom is 0.295 e. The second-order valence-corrected chi connectivity index (χ2v) is 8.52. The summed E-state index contributed by atoms with van der Waals surface area (Å²) in [5.41, 5.74) is 1.28. The summed E-state index contributed by atoms with van der Waals surface area (Å²) in [4.78, 5) is 30.3. The number of ketones is 1. The van der Waals surface area contributed by atoms with Crippen molar-refractivity contribution in [3.8, 4) is 11.5 Å². The number of nitrogens with zero attached hydrogens (tertiary/aromatic N) is 2. The molecule has 1 heterocycles. The Morgan fingerprint density at radius 2 is 1.74 bits per heavy atom. The van der Waals surface area contributed by atoms with Gasteiger partial charge >= 0.3 is 0 Å². The minimum absolute atomic E-state index is 0.0932. The molecule has 0 aliphatic carbocycles. The standard InChI is InChI=1S/C28H36N2O5/c1-5-18-35-23-11-8-10-21(19-23)25-24(26(31)20-12-14-22(34-4)15-13-20)27(32)28(33)30(25)17-9-16-29(6-2)7-3/h8,10-15,19,25,31H,5-7,9,16-18H2,1-4H3/b26-24-. The Morgan fingerprint density at radius 1 is 1.03 bits per heavy atom. The second kappa shape index (κ2) is 12.4. The minimum Gasteiger partial charge on any atom is -0.507 e. The number of aliphatic hydroxyl groups excluding tert-OH is 1. The van der Waals surface area contributed by atoms with Crippen LogP contribution in [0.25, 0.3) is 5.76 Å². The molecular weight excluding hydrogens is 444 g/mol. The Balaban J connectivity index is 2.03. The van der Waals surface area contributed by atoms with Crippen molar-refractivity contribution in [1.29, 1.82) is 0 Å². The molecule has 7 nitrogen and oxygen atoms in total. The summed E-state index contributed by atoms with van der Waals surface area (Å²) in [6.45, 7) is 9.88. The van der Waals surface area contributed by atoms with E-state index in [9.17, 15) is 14.7 Å². The third kappa shape index (κ3) is 6.03. The van der Waals surface area contributed by atoms with Gasteiger partial charge < -0.3 is 24.4 Å². The van der Waals surface area contributed by atoms with Crippen molar-refractivity contribution >= 4 is 17.4 Å². The molecule has 35 heavy (non-hydrogen) atoms. The number of rotatable bonds is 12. The fraction of sp³-hybridized carbons (Fsp3) is 0.429. The van der Waals surface area contributed by atoms with Crippen LogP contribution in [0, 0.1) is 0 Å². The van der Waals surface area contributed by atoms with Gasteiger partial charge in [-0.1, -0.05) is 32.9 Å². The molecule has 1 saturated heterocycles. The molecule has 0 radical (unpaired) electrons. The number of aliphatic hydroxyl groups is 1. The van der Waals surface area contributed by atoms with Crippen LogP contribution in [-0.4, -0.2) is 66.5 Å². The Morgan fingerprint density at radius 3 is 2.37 bits per heavy atom. The van der Waals surface area contributed by atoms with Crippen LogP contribution >= 0.6 is 0 Å². The van der Waals surface area contributed by atoms with Crippen molar-refractivity contribution in [3.63, 3.8) is 0 Å². The molecule has 1 aliphatic rings. The summed E-state index contributed by atoms with van der Waals surface area (Å²) in [6.07, 6.45) is 1.59. The molecule has 2 aromatic rings. The molecule has 0 spiro atoms. The summed E-state index contributed by atoms with van der Waals surface area (Å²) in [5.74, 6) is -0.157. The maximum atomic E-state index is 13.2. The molecule has 1 unspecified atom stereocenters. The van der Waals surface area contributed by atoms with E-state index in [2.05, 4.69) is 18.7 Å². The highest BCUT2D eigenvalue weighted by molar-refractivity contribution is 6.46. The van der Waals surface area contributed by atoms with E-state index in [1.807, 2.05) is 31.2 Å². The molecular formula is C28H36N2O5. The average molecular weight is 481 g/mol. The Bertz CT molecular complexity index is 1040. The lowest BCUT2D eigenvalue weighted by Gasteiger charge is -2.27. The molecule has 1 atom stereocenters. The lowest BCUT2D eigenvalue weighted by Crippen LogP contribution is -2.33. The fourth-order valence-electron chi connectivity index (χ4n) is 4.36. The van der Waals surface area contributed by atoms with E-state index in [4.69, 9.17) is 9.47 Å². The zero-order chi connectivity index (χ0) is 25.4. The van der Waals surface area contributed by atoms with E-state index in [0.717, 1.165) is 38.0 Å². The predicted octanol–water partition coefficient (Wildman–Crippen LogP) is 4.64. The van der Waals surface area contributed by atoms with Gasteiger partial charge in [-0.2, -0.15) is 0 Å². The molecule has 1 aliphatic heterocycles. The predicted molar refractivity (Wildman–Crippen MR) is 137 cm³/mol. The van der Waals surface area contributed by atoms with E-state index in [1.54, 1.807) is 36.3 Å². The average Bonchev–Trinajstić information content (AvgIpc) is 3.14. The highest BCUT2D eigenvalue weighted by atomic mass is 16.5. The quantitative estimate of drug-likeness (QED) is 0.271. The van der Waals surface area contributed by atoms with Crippen LogP contribution in [0.15, 0.2) is 54.1 Å². The monoisotopic (exact) mass is 480 g/mol. The zero-order valence-corrected chi connectivity index (χ0v) is 21.1. The second-order valence-electron chi connectivity index (χ2n) is 8.52. The largest absolute Gasteiger partial charge is 0.507 e. The van der Waals surface area contributed by atoms with Gasteiger partial charge in [-0.15, -0.1) is 0 Å². The van der Waals surface area contributed by atoms with Crippen molar-refractivity contribution in [3.05, 3.63) is 65.2 Å². The molecule has 1 fully saturated rings. The molecule has 1 amide bonds. The molecule has 0 saturated carbocycles. The van der Waals surface area contributed by atoms with Gasteiger partial charge in [0.1, 0.15) is 17.3 Å². The number of hydrogen-bond donors (Lipinski definition) is 1. The number of carbonyl (C=O) groups is 2. The van der Waals surface area contributed by atoms with Crippen molar-refractivity contribution in [1.82, 2.24) is 9.80 Å². The normalized spacial score (nSPS) is 17.3. The SMILES string of the molecule is CCCOc1cccc(C2/C(=C(/O)c3ccc(OC)cc3)C(=O)C(=O)N2CCCN(CC)CC)c1. The highest BCUT2D eigenvalue weighted by Gasteiger charge is 2.45. The molecule has 3 rings (SSSR count). The smallest absolute Gasteiger partial charge is 0.295 e. The van der Waals surface area contributed by atoms with Gasteiger partial charge in [0, 0.05) is 12.1 Å². The molecule has 0 aromatic heterocycles. The Kier molecular flexibility index (Phi) is 9.32. The topological polar surface area (TPSA) is 79.3 Å². The number of carbonyl (C=O) groups excluding carboxylic acids is 2. The zero-order valence-electron chi connectivity index (χ0n) is 21.1. The fourth-order valence-corrected chi connectivity index (χ4v) is 4.36.